The van der Waals surface area contributed by atoms with Crippen LogP contribution in [0.1, 0.15) is 79.6 Å². The average Bonchev–Trinajstić information content (AvgIpc) is 3.97. The fraction of sp³-hybridized carbons (Fsp3) is 0.397. The number of alkyl carbamates (subject to hydrolysis) is 1. The number of carbonyl (C=O) groups excluding carboxylic acids is 1. The lowest BCUT2D eigenvalue weighted by molar-refractivity contribution is -0.0927. The lowest BCUT2D eigenvalue weighted by Crippen LogP contribution is -2.39. The first kappa shape index (κ1) is 55.0. The van der Waals surface area contributed by atoms with Crippen LogP contribution in [0.2, 0.25) is 0 Å². The van der Waals surface area contributed by atoms with Crippen molar-refractivity contribution in [2.75, 3.05) is 67.0 Å². The van der Waals surface area contributed by atoms with Gasteiger partial charge in [0.25, 0.3) is 14.1 Å². The van der Waals surface area contributed by atoms with Crippen LogP contribution in [0.25, 0.3) is 11.1 Å². The highest BCUT2D eigenvalue weighted by atomic mass is 31.2. The van der Waals surface area contributed by atoms with Gasteiger partial charge >= 0.3 is 11.8 Å². The molecule has 1 fully saturated rings. The van der Waals surface area contributed by atoms with Crippen LogP contribution in [0, 0.1) is 6.92 Å². The van der Waals surface area contributed by atoms with Crippen molar-refractivity contribution in [2.45, 2.75) is 83.1 Å². The van der Waals surface area contributed by atoms with E-state index in [1.807, 2.05) is 103 Å². The summed E-state index contributed by atoms with van der Waals surface area (Å²) in [7, 11) is 1.52. The van der Waals surface area contributed by atoms with Gasteiger partial charge in [-0.3, -0.25) is 14.3 Å². The molecule has 0 saturated carbocycles. The summed E-state index contributed by atoms with van der Waals surface area (Å²) in [6.07, 6.45) is -0.900. The molecule has 2 unspecified atom stereocenters. The summed E-state index contributed by atoms with van der Waals surface area (Å²) in [5, 5.41) is 2.78. The maximum absolute atomic E-state index is 13.4. The van der Waals surface area contributed by atoms with Crippen molar-refractivity contribution in [3.8, 4) is 22.6 Å². The quantitative estimate of drug-likeness (QED) is 0.0300. The molecule has 0 bridgehead atoms. The van der Waals surface area contributed by atoms with E-state index in [0.29, 0.717) is 30.3 Å². The van der Waals surface area contributed by atoms with Gasteiger partial charge in [-0.1, -0.05) is 103 Å². The first-order chi connectivity index (χ1) is 36.4. The molecule has 0 radical (unpaired) electrons. The highest BCUT2D eigenvalue weighted by Gasteiger charge is 2.45. The molecule has 1 aliphatic heterocycles. The van der Waals surface area contributed by atoms with Gasteiger partial charge in [-0.2, -0.15) is 0 Å². The van der Waals surface area contributed by atoms with Crippen molar-refractivity contribution in [1.29, 1.82) is 0 Å². The van der Waals surface area contributed by atoms with Gasteiger partial charge in [0, 0.05) is 42.7 Å². The fourth-order valence-corrected chi connectivity index (χ4v) is 11.6. The van der Waals surface area contributed by atoms with Crippen LogP contribution in [0.5, 0.6) is 11.5 Å². The number of aromatic nitrogens is 2. The van der Waals surface area contributed by atoms with Crippen molar-refractivity contribution in [2.24, 2.45) is 0 Å². The molecular weight excluding hydrogens is 976 g/mol. The molecule has 75 heavy (non-hydrogen) atoms. The second-order valence-corrected chi connectivity index (χ2v) is 20.3. The van der Waals surface area contributed by atoms with Gasteiger partial charge in [-0.05, 0) is 97.8 Å². The molecule has 1 saturated heterocycles. The largest absolute Gasteiger partial charge is 0.497 e. The Kier molecular flexibility index (Phi) is 19.1. The molecule has 4 atom stereocenters. The third kappa shape index (κ3) is 13.1. The number of ether oxygens (including phenoxy) is 7. The highest BCUT2D eigenvalue weighted by Crippen LogP contribution is 2.51. The number of nitrogens with zero attached hydrogens (tertiary/aromatic N) is 2. The van der Waals surface area contributed by atoms with Crippen molar-refractivity contribution in [3.05, 3.63) is 188 Å². The molecule has 1 amide bonds. The summed E-state index contributed by atoms with van der Waals surface area (Å²) < 4.78 is 59.9. The summed E-state index contributed by atoms with van der Waals surface area (Å²) in [5.74, 6) is 1.37. The van der Waals surface area contributed by atoms with E-state index in [9.17, 15) is 14.4 Å². The number of aryl methyl sites for hydroxylation is 1. The van der Waals surface area contributed by atoms with Gasteiger partial charge < -0.3 is 47.5 Å². The highest BCUT2D eigenvalue weighted by molar-refractivity contribution is 7.44. The first-order valence-electron chi connectivity index (χ1n) is 25.5. The number of fused-ring (bicyclic) bond motifs is 3. The molecule has 398 valence electrons. The molecule has 6 aromatic rings. The van der Waals surface area contributed by atoms with Crippen molar-refractivity contribution < 1.29 is 47.0 Å². The minimum Gasteiger partial charge on any atom is -0.497 e. The van der Waals surface area contributed by atoms with E-state index >= 15 is 0 Å². The molecule has 2 heterocycles. The molecule has 2 aliphatic rings. The zero-order chi connectivity index (χ0) is 52.9. The number of aromatic amines is 1. The maximum Gasteiger partial charge on any atom is 0.407 e. The van der Waals surface area contributed by atoms with Gasteiger partial charge in [0.15, 0.2) is 0 Å². The Morgan fingerprint density at radius 3 is 1.87 bits per heavy atom. The lowest BCUT2D eigenvalue weighted by atomic mass is 9.80. The number of benzene rings is 5. The second-order valence-electron chi connectivity index (χ2n) is 18.9. The van der Waals surface area contributed by atoms with Crippen LogP contribution in [-0.2, 0) is 38.3 Å². The molecule has 16 nitrogen and oxygen atoms in total. The Balaban J connectivity index is 0.915. The Bertz CT molecular complexity index is 2800. The molecule has 0 spiro atoms. The average molecular weight is 1050 g/mol. The summed E-state index contributed by atoms with van der Waals surface area (Å²) in [6, 6.07) is 42.1. The van der Waals surface area contributed by atoms with Crippen molar-refractivity contribution >= 4 is 14.6 Å². The monoisotopic (exact) mass is 1040 g/mol. The number of nitrogens with one attached hydrogen (secondary N) is 2. The lowest BCUT2D eigenvalue weighted by Gasteiger charge is -2.39. The first-order valence-corrected chi connectivity index (χ1v) is 26.6. The second kappa shape index (κ2) is 26.0. The van der Waals surface area contributed by atoms with E-state index in [4.69, 9.17) is 42.2 Å². The van der Waals surface area contributed by atoms with E-state index in [1.54, 1.807) is 21.1 Å². The number of amides is 1. The van der Waals surface area contributed by atoms with E-state index in [0.717, 1.165) is 27.8 Å². The van der Waals surface area contributed by atoms with E-state index < -0.39 is 49.9 Å². The van der Waals surface area contributed by atoms with Crippen LogP contribution in [0.15, 0.2) is 143 Å². The van der Waals surface area contributed by atoms with E-state index in [1.165, 1.54) is 21.9 Å². The third-order valence-electron chi connectivity index (χ3n) is 13.4. The van der Waals surface area contributed by atoms with Gasteiger partial charge in [-0.15, -0.1) is 0 Å². The standard InChI is InChI=1S/C58H69N4O12P/c1-39(2)62(40(3)4)75(72-34-33-69-32-31-68-30-29-59-57(65)70-37-51-49-19-13-11-17-47(49)48-18-12-14-20-50(48)51)74-52-35-54(61-36-41(5)55(63)60-56(61)64)73-53(52)38-71-58(42-15-9-8-10-16-42,43-21-25-45(66-6)26-22-43)44-23-27-46(67-7)28-24-44/h8-28,36,39-40,51-54H,29-35,37-38H2,1-7H3,(H,59,65)(H,60,63,64)/t52?,53-,54-,75?/m1/s1. The van der Waals surface area contributed by atoms with Gasteiger partial charge in [-0.25, -0.2) is 14.3 Å². The maximum atomic E-state index is 13.4. The van der Waals surface area contributed by atoms with Crippen LogP contribution >= 0.6 is 8.53 Å². The summed E-state index contributed by atoms with van der Waals surface area (Å²) >= 11 is 0. The Morgan fingerprint density at radius 2 is 1.28 bits per heavy atom. The van der Waals surface area contributed by atoms with Crippen LogP contribution in [0.3, 0.4) is 0 Å². The molecule has 17 heteroatoms. The van der Waals surface area contributed by atoms with Crippen molar-refractivity contribution in [1.82, 2.24) is 19.5 Å². The summed E-state index contributed by atoms with van der Waals surface area (Å²) in [4.78, 5) is 41.0. The number of H-pyrrole nitrogens is 1. The Hall–Kier alpha value is -6.20. The number of hydrogen-bond donors (Lipinski definition) is 2. The molecule has 2 N–H and O–H groups in total. The smallest absolute Gasteiger partial charge is 0.407 e. The minimum atomic E-state index is -1.74. The Labute approximate surface area is 440 Å². The summed E-state index contributed by atoms with van der Waals surface area (Å²) in [6.45, 7) is 11.9. The normalized spacial score (nSPS) is 16.8. The SMILES string of the molecule is COc1ccc(C(OC[C@H]2O[C@@H](n3cc(C)c(=O)[nH]c3=O)CC2OP(OCCOCCOCCNC(=O)OCC2c3ccccc3-c3ccccc32)N(C(C)C)C(C)C)(c2ccccc2)c2ccc(OC)cc2)cc1. The van der Waals surface area contributed by atoms with Crippen molar-refractivity contribution in [3.63, 3.8) is 0 Å². The van der Waals surface area contributed by atoms with Crippen LogP contribution < -0.4 is 26.0 Å². The zero-order valence-electron chi connectivity index (χ0n) is 43.8. The van der Waals surface area contributed by atoms with Gasteiger partial charge in [0.1, 0.15) is 36.0 Å². The van der Waals surface area contributed by atoms with Gasteiger partial charge in [0.2, 0.25) is 0 Å². The summed E-state index contributed by atoms with van der Waals surface area (Å²) in [5.41, 5.74) is 5.35. The third-order valence-corrected chi connectivity index (χ3v) is 15.6. The van der Waals surface area contributed by atoms with Crippen LogP contribution in [-0.4, -0.2) is 112 Å². The molecule has 1 aliphatic carbocycles. The molecule has 5 aromatic carbocycles. The molecule has 8 rings (SSSR count). The zero-order valence-corrected chi connectivity index (χ0v) is 44.7. The predicted octanol–water partition coefficient (Wildman–Crippen LogP) is 9.48. The van der Waals surface area contributed by atoms with Crippen LogP contribution in [0.4, 0.5) is 4.79 Å². The van der Waals surface area contributed by atoms with E-state index in [2.05, 4.69) is 66.9 Å². The number of hydrogen-bond acceptors (Lipinski definition) is 13. The minimum absolute atomic E-state index is 0.0159. The molecular formula is C58H69N4O12P. The topological polar surface area (TPSA) is 170 Å². The number of methoxy groups -OCH3 is 2. The van der Waals surface area contributed by atoms with E-state index in [-0.39, 0.29) is 64.0 Å². The molecule has 1 aromatic heterocycles. The number of carbonyl (C=O) groups is 1. The Morgan fingerprint density at radius 1 is 0.733 bits per heavy atom. The predicted molar refractivity (Wildman–Crippen MR) is 287 cm³/mol. The number of rotatable bonds is 26. The fourth-order valence-electron chi connectivity index (χ4n) is 9.83. The van der Waals surface area contributed by atoms with Gasteiger partial charge in [0.05, 0.1) is 60.0 Å².